The first-order valence-electron chi connectivity index (χ1n) is 8.44. The third kappa shape index (κ3) is 3.65. The fourth-order valence-corrected chi connectivity index (χ4v) is 2.56. The number of hydrogen-bond donors (Lipinski definition) is 3. The molecule has 4 aromatic rings. The Balaban J connectivity index is 1.38. The summed E-state index contributed by atoms with van der Waals surface area (Å²) in [5.74, 6) is -0.671. The van der Waals surface area contributed by atoms with E-state index < -0.39 is 11.8 Å². The van der Waals surface area contributed by atoms with Crippen LogP contribution in [0.15, 0.2) is 77.3 Å². The first kappa shape index (κ1) is 17.2. The van der Waals surface area contributed by atoms with Crippen molar-refractivity contribution in [2.24, 2.45) is 0 Å². The first-order chi connectivity index (χ1) is 13.7. The molecular formula is C20H15N5O3. The Morgan fingerprint density at radius 3 is 2.18 bits per heavy atom. The molecule has 28 heavy (non-hydrogen) atoms. The molecule has 0 unspecified atom stereocenters. The van der Waals surface area contributed by atoms with Gasteiger partial charge in [-0.15, -0.1) is 0 Å². The van der Waals surface area contributed by atoms with E-state index in [2.05, 4.69) is 26.2 Å². The summed E-state index contributed by atoms with van der Waals surface area (Å²) in [5, 5.41) is 10.5. The molecule has 8 nitrogen and oxygen atoms in total. The van der Waals surface area contributed by atoms with E-state index in [9.17, 15) is 9.59 Å². The second-order valence-corrected chi connectivity index (χ2v) is 5.88. The Bertz CT molecular complexity index is 1010. The Morgan fingerprint density at radius 1 is 0.821 bits per heavy atom. The van der Waals surface area contributed by atoms with Crippen LogP contribution in [0.4, 0.5) is 0 Å². The maximum atomic E-state index is 12.2. The highest BCUT2D eigenvalue weighted by molar-refractivity contribution is 5.98. The number of aromatic amines is 1. The van der Waals surface area contributed by atoms with Crippen molar-refractivity contribution < 1.29 is 14.1 Å². The maximum absolute atomic E-state index is 12.2. The van der Waals surface area contributed by atoms with Crippen molar-refractivity contribution in [3.63, 3.8) is 0 Å². The highest BCUT2D eigenvalue weighted by atomic mass is 16.5. The van der Waals surface area contributed by atoms with Crippen LogP contribution < -0.4 is 10.9 Å². The summed E-state index contributed by atoms with van der Waals surface area (Å²) in [7, 11) is 0. The smallest absolute Gasteiger partial charge is 0.291 e. The molecule has 2 aromatic carbocycles. The highest BCUT2D eigenvalue weighted by Gasteiger charge is 2.16. The monoisotopic (exact) mass is 373 g/mol. The van der Waals surface area contributed by atoms with Crippen molar-refractivity contribution in [3.05, 3.63) is 84.2 Å². The zero-order chi connectivity index (χ0) is 19.3. The third-order valence-electron chi connectivity index (χ3n) is 3.98. The molecule has 8 heteroatoms. The van der Waals surface area contributed by atoms with Gasteiger partial charge in [-0.25, -0.2) is 0 Å². The minimum absolute atomic E-state index is 0.0498. The SMILES string of the molecule is O=C(NNC(=O)c1cc(-c2ccccc2)n[nH]1)c1cc(-c2ccccc2)on1. The standard InChI is InChI=1S/C20H15N5O3/c26-19(16-11-15(21-22-16)13-7-3-1-4-8-13)23-24-20(27)17-12-18(28-25-17)14-9-5-2-6-10-14/h1-12H,(H,21,22)(H,23,26)(H,24,27). The van der Waals surface area contributed by atoms with Gasteiger partial charge >= 0.3 is 0 Å². The van der Waals surface area contributed by atoms with Gasteiger partial charge in [-0.3, -0.25) is 25.5 Å². The molecule has 0 radical (unpaired) electrons. The van der Waals surface area contributed by atoms with Crippen LogP contribution in [0.3, 0.4) is 0 Å². The number of aromatic nitrogens is 3. The van der Waals surface area contributed by atoms with Gasteiger partial charge in [0.1, 0.15) is 5.69 Å². The molecule has 0 atom stereocenters. The van der Waals surface area contributed by atoms with E-state index in [1.165, 1.54) is 6.07 Å². The van der Waals surface area contributed by atoms with E-state index in [-0.39, 0.29) is 11.4 Å². The summed E-state index contributed by atoms with van der Waals surface area (Å²) < 4.78 is 5.18. The fourth-order valence-electron chi connectivity index (χ4n) is 2.56. The van der Waals surface area contributed by atoms with Crippen LogP contribution in [-0.2, 0) is 0 Å². The molecule has 2 heterocycles. The van der Waals surface area contributed by atoms with E-state index in [1.807, 2.05) is 60.7 Å². The van der Waals surface area contributed by atoms with Crippen molar-refractivity contribution in [1.29, 1.82) is 0 Å². The van der Waals surface area contributed by atoms with Crippen LogP contribution in [0.2, 0.25) is 0 Å². The average molecular weight is 373 g/mol. The Kier molecular flexibility index (Phi) is 4.67. The van der Waals surface area contributed by atoms with E-state index in [1.54, 1.807) is 6.07 Å². The Morgan fingerprint density at radius 2 is 1.46 bits per heavy atom. The van der Waals surface area contributed by atoms with Gasteiger partial charge < -0.3 is 4.52 Å². The lowest BCUT2D eigenvalue weighted by molar-refractivity contribution is 0.0839. The summed E-state index contributed by atoms with van der Waals surface area (Å²) in [6, 6.07) is 21.8. The maximum Gasteiger partial charge on any atom is 0.291 e. The zero-order valence-electron chi connectivity index (χ0n) is 14.5. The van der Waals surface area contributed by atoms with Crippen LogP contribution in [0.5, 0.6) is 0 Å². The van der Waals surface area contributed by atoms with Crippen LogP contribution in [-0.4, -0.2) is 27.2 Å². The zero-order valence-corrected chi connectivity index (χ0v) is 14.5. The molecule has 0 fully saturated rings. The number of nitrogens with one attached hydrogen (secondary N) is 3. The Hall–Kier alpha value is -4.20. The van der Waals surface area contributed by atoms with Crippen LogP contribution in [0.25, 0.3) is 22.6 Å². The number of nitrogens with zero attached hydrogens (tertiary/aromatic N) is 2. The molecule has 0 bridgehead atoms. The summed E-state index contributed by atoms with van der Waals surface area (Å²) >= 11 is 0. The summed E-state index contributed by atoms with van der Waals surface area (Å²) in [4.78, 5) is 24.4. The molecule has 0 saturated heterocycles. The number of carbonyl (C=O) groups is 2. The van der Waals surface area contributed by atoms with Gasteiger partial charge in [-0.1, -0.05) is 65.8 Å². The molecule has 2 amide bonds. The van der Waals surface area contributed by atoms with E-state index in [4.69, 9.17) is 4.52 Å². The van der Waals surface area contributed by atoms with Gasteiger partial charge in [0.15, 0.2) is 11.5 Å². The molecule has 2 aromatic heterocycles. The van der Waals surface area contributed by atoms with Crippen LogP contribution >= 0.6 is 0 Å². The number of hydrogen-bond acceptors (Lipinski definition) is 5. The molecule has 4 rings (SSSR count). The highest BCUT2D eigenvalue weighted by Crippen LogP contribution is 2.19. The van der Waals surface area contributed by atoms with E-state index in [0.717, 1.165) is 11.1 Å². The second-order valence-electron chi connectivity index (χ2n) is 5.88. The van der Waals surface area contributed by atoms with Crippen molar-refractivity contribution in [2.75, 3.05) is 0 Å². The topological polar surface area (TPSA) is 113 Å². The number of amides is 2. The molecule has 3 N–H and O–H groups in total. The average Bonchev–Trinajstić information content (AvgIpc) is 3.43. The molecule has 0 aliphatic heterocycles. The van der Waals surface area contributed by atoms with Crippen LogP contribution in [0, 0.1) is 0 Å². The van der Waals surface area contributed by atoms with Crippen LogP contribution in [0.1, 0.15) is 21.0 Å². The van der Waals surface area contributed by atoms with E-state index in [0.29, 0.717) is 11.5 Å². The van der Waals surface area contributed by atoms with Gasteiger partial charge in [0.05, 0.1) is 5.69 Å². The lowest BCUT2D eigenvalue weighted by atomic mass is 10.1. The lowest BCUT2D eigenvalue weighted by Crippen LogP contribution is -2.41. The molecule has 0 aliphatic rings. The van der Waals surface area contributed by atoms with E-state index >= 15 is 0 Å². The van der Waals surface area contributed by atoms with Gasteiger partial charge in [0, 0.05) is 17.2 Å². The largest absolute Gasteiger partial charge is 0.355 e. The second kappa shape index (κ2) is 7.58. The molecule has 0 spiro atoms. The van der Waals surface area contributed by atoms with Crippen molar-refractivity contribution >= 4 is 11.8 Å². The van der Waals surface area contributed by atoms with Gasteiger partial charge in [0.2, 0.25) is 0 Å². The number of hydrazine groups is 1. The van der Waals surface area contributed by atoms with Gasteiger partial charge in [0.25, 0.3) is 11.8 Å². The molecule has 0 saturated carbocycles. The molecule has 0 aliphatic carbocycles. The number of benzene rings is 2. The summed E-state index contributed by atoms with van der Waals surface area (Å²) in [6.45, 7) is 0. The third-order valence-corrected chi connectivity index (χ3v) is 3.98. The number of carbonyl (C=O) groups excluding carboxylic acids is 2. The Labute approximate surface area is 159 Å². The van der Waals surface area contributed by atoms with Crippen molar-refractivity contribution in [1.82, 2.24) is 26.2 Å². The summed E-state index contributed by atoms with van der Waals surface area (Å²) in [6.07, 6.45) is 0. The quantitative estimate of drug-likeness (QED) is 0.476. The minimum Gasteiger partial charge on any atom is -0.355 e. The molecule has 138 valence electrons. The fraction of sp³-hybridized carbons (Fsp3) is 0. The number of rotatable bonds is 4. The first-order valence-corrected chi connectivity index (χ1v) is 8.44. The lowest BCUT2D eigenvalue weighted by Gasteiger charge is -2.03. The summed E-state index contributed by atoms with van der Waals surface area (Å²) in [5.41, 5.74) is 7.18. The minimum atomic E-state index is -0.595. The van der Waals surface area contributed by atoms with Gasteiger partial charge in [-0.05, 0) is 6.07 Å². The predicted octanol–water partition coefficient (Wildman–Crippen LogP) is 2.81. The normalized spacial score (nSPS) is 10.4. The van der Waals surface area contributed by atoms with Gasteiger partial charge in [-0.2, -0.15) is 5.10 Å². The number of H-pyrrole nitrogens is 1. The van der Waals surface area contributed by atoms with Crippen molar-refractivity contribution in [3.8, 4) is 22.6 Å². The molecular weight excluding hydrogens is 358 g/mol. The van der Waals surface area contributed by atoms with Crippen molar-refractivity contribution in [2.45, 2.75) is 0 Å². The predicted molar refractivity (Wildman–Crippen MR) is 101 cm³/mol.